The third-order valence-electron chi connectivity index (χ3n) is 3.71. The third kappa shape index (κ3) is 3.20. The summed E-state index contributed by atoms with van der Waals surface area (Å²) in [5.41, 5.74) is 3.62. The summed E-state index contributed by atoms with van der Waals surface area (Å²) in [7, 11) is 1.95. The SMILES string of the molecule is CNCCC(c1ccc(-c2ccccc2)cc1)n1ncnn1. The molecule has 22 heavy (non-hydrogen) atoms. The Morgan fingerprint density at radius 1 is 1.00 bits per heavy atom. The van der Waals surface area contributed by atoms with Crippen LogP contribution in [0.15, 0.2) is 60.9 Å². The van der Waals surface area contributed by atoms with Gasteiger partial charge < -0.3 is 5.32 Å². The molecular weight excluding hydrogens is 274 g/mol. The van der Waals surface area contributed by atoms with E-state index in [0.29, 0.717) is 0 Å². The lowest BCUT2D eigenvalue weighted by Crippen LogP contribution is -2.19. The Labute approximate surface area is 130 Å². The molecule has 0 amide bonds. The van der Waals surface area contributed by atoms with Gasteiger partial charge in [0.1, 0.15) is 0 Å². The second-order valence-electron chi connectivity index (χ2n) is 5.15. The number of hydrogen-bond acceptors (Lipinski definition) is 4. The van der Waals surface area contributed by atoms with Crippen LogP contribution >= 0.6 is 0 Å². The van der Waals surface area contributed by atoms with Crippen molar-refractivity contribution in [1.82, 2.24) is 25.5 Å². The molecule has 0 radical (unpaired) electrons. The van der Waals surface area contributed by atoms with Gasteiger partial charge in [0.25, 0.3) is 0 Å². The summed E-state index contributed by atoms with van der Waals surface area (Å²) in [6.07, 6.45) is 2.39. The van der Waals surface area contributed by atoms with Gasteiger partial charge in [0.05, 0.1) is 6.04 Å². The molecule has 1 atom stereocenters. The molecule has 1 unspecified atom stereocenters. The Morgan fingerprint density at radius 2 is 1.73 bits per heavy atom. The maximum absolute atomic E-state index is 4.19. The van der Waals surface area contributed by atoms with Crippen LogP contribution in [0, 0.1) is 0 Å². The van der Waals surface area contributed by atoms with E-state index in [2.05, 4.69) is 69.3 Å². The first-order chi connectivity index (χ1) is 10.9. The van der Waals surface area contributed by atoms with Crippen LogP contribution in [0.1, 0.15) is 18.0 Å². The molecule has 1 N–H and O–H groups in total. The second kappa shape index (κ2) is 6.95. The van der Waals surface area contributed by atoms with Crippen LogP contribution in [0.2, 0.25) is 0 Å². The lowest BCUT2D eigenvalue weighted by Gasteiger charge is -2.16. The molecule has 0 aliphatic heterocycles. The number of nitrogens with zero attached hydrogens (tertiary/aromatic N) is 4. The fourth-order valence-corrected chi connectivity index (χ4v) is 2.54. The fourth-order valence-electron chi connectivity index (χ4n) is 2.54. The predicted molar refractivity (Wildman–Crippen MR) is 86.4 cm³/mol. The van der Waals surface area contributed by atoms with Crippen LogP contribution in [-0.4, -0.2) is 33.8 Å². The highest BCUT2D eigenvalue weighted by Gasteiger charge is 2.15. The van der Waals surface area contributed by atoms with Gasteiger partial charge in [0.15, 0.2) is 6.33 Å². The first-order valence-electron chi connectivity index (χ1n) is 7.41. The maximum atomic E-state index is 4.19. The number of nitrogens with one attached hydrogen (secondary N) is 1. The zero-order valence-corrected chi connectivity index (χ0v) is 12.6. The average Bonchev–Trinajstić information content (AvgIpc) is 3.11. The number of benzene rings is 2. The van der Waals surface area contributed by atoms with E-state index >= 15 is 0 Å². The molecular formula is C17H19N5. The van der Waals surface area contributed by atoms with E-state index in [0.717, 1.165) is 13.0 Å². The first-order valence-corrected chi connectivity index (χ1v) is 7.41. The summed E-state index contributed by atoms with van der Waals surface area (Å²) in [5, 5.41) is 15.2. The lowest BCUT2D eigenvalue weighted by atomic mass is 9.99. The van der Waals surface area contributed by atoms with Crippen molar-refractivity contribution in [3.05, 3.63) is 66.5 Å². The summed E-state index contributed by atoms with van der Waals surface area (Å²) in [6, 6.07) is 19.1. The number of hydrogen-bond donors (Lipinski definition) is 1. The van der Waals surface area contributed by atoms with Crippen molar-refractivity contribution in [2.24, 2.45) is 0 Å². The van der Waals surface area contributed by atoms with E-state index in [1.54, 1.807) is 4.80 Å². The highest BCUT2D eigenvalue weighted by atomic mass is 15.6. The minimum atomic E-state index is 0.0970. The lowest BCUT2D eigenvalue weighted by molar-refractivity contribution is 0.422. The number of aromatic nitrogens is 4. The Bertz CT molecular complexity index is 677. The van der Waals surface area contributed by atoms with Crippen molar-refractivity contribution in [2.75, 3.05) is 13.6 Å². The van der Waals surface area contributed by atoms with Crippen molar-refractivity contribution in [1.29, 1.82) is 0 Å². The quantitative estimate of drug-likeness (QED) is 0.759. The van der Waals surface area contributed by atoms with E-state index in [9.17, 15) is 0 Å². The summed E-state index contributed by atoms with van der Waals surface area (Å²) in [5.74, 6) is 0. The zero-order chi connectivity index (χ0) is 15.2. The molecule has 1 heterocycles. The number of rotatable bonds is 6. The topological polar surface area (TPSA) is 55.6 Å². The summed E-state index contributed by atoms with van der Waals surface area (Å²) < 4.78 is 0. The molecule has 0 saturated heterocycles. The van der Waals surface area contributed by atoms with E-state index in [1.165, 1.54) is 23.0 Å². The molecule has 3 aromatic rings. The molecule has 0 aliphatic carbocycles. The van der Waals surface area contributed by atoms with Gasteiger partial charge in [-0.25, -0.2) is 0 Å². The average molecular weight is 293 g/mol. The minimum Gasteiger partial charge on any atom is -0.320 e. The Kier molecular flexibility index (Phi) is 4.56. The molecule has 5 nitrogen and oxygen atoms in total. The standard InChI is InChI=1S/C17H19N5/c1-18-12-11-17(22-20-13-19-21-22)16-9-7-15(8-10-16)14-5-3-2-4-6-14/h2-10,13,17-18H,11-12H2,1H3. The van der Waals surface area contributed by atoms with Crippen molar-refractivity contribution < 1.29 is 0 Å². The van der Waals surface area contributed by atoms with Crippen LogP contribution in [-0.2, 0) is 0 Å². The first kappa shape index (κ1) is 14.4. The molecule has 3 rings (SSSR count). The molecule has 0 aliphatic rings. The molecule has 5 heteroatoms. The van der Waals surface area contributed by atoms with Crippen molar-refractivity contribution in [3.8, 4) is 11.1 Å². The summed E-state index contributed by atoms with van der Waals surface area (Å²) >= 11 is 0. The molecule has 0 bridgehead atoms. The van der Waals surface area contributed by atoms with Crippen LogP contribution < -0.4 is 5.32 Å². The smallest absolute Gasteiger partial charge is 0.162 e. The van der Waals surface area contributed by atoms with Gasteiger partial charge in [0.2, 0.25) is 0 Å². The highest BCUT2D eigenvalue weighted by molar-refractivity contribution is 5.63. The minimum absolute atomic E-state index is 0.0970. The van der Waals surface area contributed by atoms with Crippen molar-refractivity contribution in [2.45, 2.75) is 12.5 Å². The molecule has 2 aromatic carbocycles. The number of tetrazole rings is 1. The maximum Gasteiger partial charge on any atom is 0.162 e. The van der Waals surface area contributed by atoms with Crippen LogP contribution in [0.3, 0.4) is 0 Å². The molecule has 0 saturated carbocycles. The van der Waals surface area contributed by atoms with Crippen molar-refractivity contribution in [3.63, 3.8) is 0 Å². The van der Waals surface area contributed by atoms with Crippen molar-refractivity contribution >= 4 is 0 Å². The van der Waals surface area contributed by atoms with Crippen LogP contribution in [0.5, 0.6) is 0 Å². The van der Waals surface area contributed by atoms with Gasteiger partial charge >= 0.3 is 0 Å². The molecule has 1 aromatic heterocycles. The second-order valence-corrected chi connectivity index (χ2v) is 5.15. The molecule has 0 fully saturated rings. The van der Waals surface area contributed by atoms with Gasteiger partial charge in [-0.05, 0) is 41.9 Å². The van der Waals surface area contributed by atoms with Gasteiger partial charge in [-0.2, -0.15) is 4.80 Å². The van der Waals surface area contributed by atoms with Gasteiger partial charge in [0, 0.05) is 0 Å². The van der Waals surface area contributed by atoms with Gasteiger partial charge in [-0.15, -0.1) is 10.2 Å². The van der Waals surface area contributed by atoms with E-state index in [4.69, 9.17) is 0 Å². The Balaban J connectivity index is 1.86. The predicted octanol–water partition coefficient (Wildman–Crippen LogP) is 2.54. The van der Waals surface area contributed by atoms with E-state index in [1.807, 2.05) is 13.1 Å². The normalized spacial score (nSPS) is 12.2. The van der Waals surface area contributed by atoms with E-state index in [-0.39, 0.29) is 6.04 Å². The Hall–Kier alpha value is -2.53. The van der Waals surface area contributed by atoms with Crippen LogP contribution in [0.25, 0.3) is 11.1 Å². The Morgan fingerprint density at radius 3 is 2.36 bits per heavy atom. The van der Waals surface area contributed by atoms with Crippen LogP contribution in [0.4, 0.5) is 0 Å². The largest absolute Gasteiger partial charge is 0.320 e. The van der Waals surface area contributed by atoms with E-state index < -0.39 is 0 Å². The monoisotopic (exact) mass is 293 g/mol. The molecule has 0 spiro atoms. The van der Waals surface area contributed by atoms with Gasteiger partial charge in [-0.1, -0.05) is 54.6 Å². The van der Waals surface area contributed by atoms with Gasteiger partial charge in [-0.3, -0.25) is 0 Å². The fraction of sp³-hybridized carbons (Fsp3) is 0.235. The zero-order valence-electron chi connectivity index (χ0n) is 12.6. The summed E-state index contributed by atoms with van der Waals surface area (Å²) in [4.78, 5) is 1.68. The summed E-state index contributed by atoms with van der Waals surface area (Å²) in [6.45, 7) is 0.895. The molecule has 112 valence electrons. The highest BCUT2D eigenvalue weighted by Crippen LogP contribution is 2.24. The third-order valence-corrected chi connectivity index (χ3v) is 3.71.